The van der Waals surface area contributed by atoms with Gasteiger partial charge >= 0.3 is 0 Å². The summed E-state index contributed by atoms with van der Waals surface area (Å²) in [4.78, 5) is 6.87. The molecule has 5 heteroatoms. The third-order valence-corrected chi connectivity index (χ3v) is 2.33. The van der Waals surface area contributed by atoms with Crippen LogP contribution < -0.4 is 10.5 Å². The number of nitrogens with one attached hydrogen (secondary N) is 1. The Morgan fingerprint density at radius 1 is 1.47 bits per heavy atom. The van der Waals surface area contributed by atoms with Crippen LogP contribution in [-0.4, -0.2) is 17.1 Å². The average molecular weight is 224 g/mol. The number of nitrogen functional groups attached to an aromatic ring is 1. The molecule has 78 valence electrons. The van der Waals surface area contributed by atoms with Crippen LogP contribution >= 0.6 is 11.6 Å². The highest BCUT2D eigenvalue weighted by Gasteiger charge is 2.11. The van der Waals surface area contributed by atoms with Crippen LogP contribution in [0.1, 0.15) is 0 Å². The van der Waals surface area contributed by atoms with Gasteiger partial charge < -0.3 is 15.5 Å². The molecule has 15 heavy (non-hydrogen) atoms. The quantitative estimate of drug-likeness (QED) is 0.821. The van der Waals surface area contributed by atoms with Crippen molar-refractivity contribution >= 4 is 17.4 Å². The number of nitrogens with zero attached hydrogens (tertiary/aromatic N) is 1. The number of benzene rings is 1. The molecular weight excluding hydrogens is 214 g/mol. The van der Waals surface area contributed by atoms with Crippen molar-refractivity contribution < 1.29 is 4.74 Å². The number of anilines is 1. The molecule has 0 amide bonds. The lowest BCUT2D eigenvalue weighted by Gasteiger charge is -2.07. The summed E-state index contributed by atoms with van der Waals surface area (Å²) in [5.41, 5.74) is 7.23. The maximum Gasteiger partial charge on any atom is 0.149 e. The fraction of sp³-hybridized carbons (Fsp3) is 0.100. The molecule has 0 aliphatic carbocycles. The number of ether oxygens (including phenoxy) is 1. The molecule has 0 radical (unpaired) electrons. The molecule has 0 aliphatic rings. The second-order valence-corrected chi connectivity index (χ2v) is 3.44. The Morgan fingerprint density at radius 3 is 2.87 bits per heavy atom. The Morgan fingerprint density at radius 2 is 2.27 bits per heavy atom. The Labute approximate surface area is 92.0 Å². The van der Waals surface area contributed by atoms with Gasteiger partial charge in [-0.25, -0.2) is 4.98 Å². The normalized spacial score (nSPS) is 10.3. The number of imidazole rings is 1. The molecule has 2 aromatic rings. The van der Waals surface area contributed by atoms with Crippen molar-refractivity contribution in [2.45, 2.75) is 0 Å². The van der Waals surface area contributed by atoms with Gasteiger partial charge in [0, 0.05) is 10.6 Å². The molecule has 1 aromatic heterocycles. The van der Waals surface area contributed by atoms with Crippen LogP contribution in [0.25, 0.3) is 11.3 Å². The SMILES string of the molecule is COc1ccc(Cl)cc1-c1[nH]cnc1N. The Bertz CT molecular complexity index is 481. The molecule has 0 saturated heterocycles. The van der Waals surface area contributed by atoms with Gasteiger partial charge in [-0.15, -0.1) is 0 Å². The van der Waals surface area contributed by atoms with E-state index >= 15 is 0 Å². The van der Waals surface area contributed by atoms with Crippen LogP contribution in [0.5, 0.6) is 5.75 Å². The molecule has 0 saturated carbocycles. The van der Waals surface area contributed by atoms with Gasteiger partial charge in [-0.05, 0) is 18.2 Å². The van der Waals surface area contributed by atoms with Gasteiger partial charge in [0.25, 0.3) is 0 Å². The standard InChI is InChI=1S/C10H10ClN3O/c1-15-8-3-2-6(11)4-7(8)9-10(12)14-5-13-9/h2-5H,12H2,1H3,(H,13,14). The summed E-state index contributed by atoms with van der Waals surface area (Å²) in [7, 11) is 1.60. The van der Waals surface area contributed by atoms with Crippen LogP contribution in [0.3, 0.4) is 0 Å². The number of hydrogen-bond donors (Lipinski definition) is 2. The first-order chi connectivity index (χ1) is 7.22. The van der Waals surface area contributed by atoms with Crippen molar-refractivity contribution in [3.63, 3.8) is 0 Å². The number of nitrogens with two attached hydrogens (primary N) is 1. The maximum atomic E-state index is 5.91. The van der Waals surface area contributed by atoms with Crippen LogP contribution in [0, 0.1) is 0 Å². The van der Waals surface area contributed by atoms with Gasteiger partial charge in [0.05, 0.1) is 19.1 Å². The van der Waals surface area contributed by atoms with Gasteiger partial charge in [0.1, 0.15) is 11.6 Å². The molecule has 4 nitrogen and oxygen atoms in total. The lowest BCUT2D eigenvalue weighted by atomic mass is 10.1. The zero-order chi connectivity index (χ0) is 10.8. The molecule has 0 fully saturated rings. The van der Waals surface area contributed by atoms with E-state index in [-0.39, 0.29) is 0 Å². The Kier molecular flexibility index (Phi) is 2.51. The summed E-state index contributed by atoms with van der Waals surface area (Å²) >= 11 is 5.91. The molecular formula is C10H10ClN3O. The largest absolute Gasteiger partial charge is 0.496 e. The van der Waals surface area contributed by atoms with E-state index < -0.39 is 0 Å². The minimum Gasteiger partial charge on any atom is -0.496 e. The van der Waals surface area contributed by atoms with Gasteiger partial charge in [0.15, 0.2) is 0 Å². The van der Waals surface area contributed by atoms with E-state index in [1.54, 1.807) is 25.3 Å². The first-order valence-electron chi connectivity index (χ1n) is 4.35. The number of halogens is 1. The summed E-state index contributed by atoms with van der Waals surface area (Å²) < 4.78 is 5.22. The van der Waals surface area contributed by atoms with E-state index in [9.17, 15) is 0 Å². The smallest absolute Gasteiger partial charge is 0.149 e. The number of rotatable bonds is 2. The molecule has 0 aliphatic heterocycles. The minimum absolute atomic E-state index is 0.426. The topological polar surface area (TPSA) is 63.9 Å². The lowest BCUT2D eigenvalue weighted by Crippen LogP contribution is -1.92. The summed E-state index contributed by atoms with van der Waals surface area (Å²) in [6.07, 6.45) is 1.53. The zero-order valence-corrected chi connectivity index (χ0v) is 8.88. The fourth-order valence-corrected chi connectivity index (χ4v) is 1.57. The predicted molar refractivity (Wildman–Crippen MR) is 60.0 cm³/mol. The van der Waals surface area contributed by atoms with Crippen LogP contribution in [0.15, 0.2) is 24.5 Å². The fourth-order valence-electron chi connectivity index (χ4n) is 1.40. The highest BCUT2D eigenvalue weighted by molar-refractivity contribution is 6.31. The van der Waals surface area contributed by atoms with Crippen LogP contribution in [-0.2, 0) is 0 Å². The third kappa shape index (κ3) is 1.76. The second-order valence-electron chi connectivity index (χ2n) is 3.01. The number of hydrogen-bond acceptors (Lipinski definition) is 3. The summed E-state index contributed by atoms with van der Waals surface area (Å²) in [5, 5.41) is 0.625. The van der Waals surface area contributed by atoms with Gasteiger partial charge in [-0.1, -0.05) is 11.6 Å². The van der Waals surface area contributed by atoms with Gasteiger partial charge in [-0.3, -0.25) is 0 Å². The second kappa shape index (κ2) is 3.82. The Hall–Kier alpha value is -1.68. The summed E-state index contributed by atoms with van der Waals surface area (Å²) in [5.74, 6) is 1.13. The van der Waals surface area contributed by atoms with Crippen molar-refractivity contribution in [1.82, 2.24) is 9.97 Å². The minimum atomic E-state index is 0.426. The van der Waals surface area contributed by atoms with Crippen molar-refractivity contribution in [2.75, 3.05) is 12.8 Å². The number of aromatic nitrogens is 2. The van der Waals surface area contributed by atoms with E-state index in [1.807, 2.05) is 0 Å². The van der Waals surface area contributed by atoms with Crippen molar-refractivity contribution in [2.24, 2.45) is 0 Å². The predicted octanol–water partition coefficient (Wildman–Crippen LogP) is 2.32. The zero-order valence-electron chi connectivity index (χ0n) is 8.12. The average Bonchev–Trinajstić information content (AvgIpc) is 2.64. The van der Waals surface area contributed by atoms with Crippen molar-refractivity contribution in [1.29, 1.82) is 0 Å². The molecule has 0 unspecified atom stereocenters. The molecule has 1 heterocycles. The Balaban J connectivity index is 2.60. The number of H-pyrrole nitrogens is 1. The highest BCUT2D eigenvalue weighted by Crippen LogP contribution is 2.33. The third-order valence-electron chi connectivity index (χ3n) is 2.10. The van der Waals surface area contributed by atoms with Crippen LogP contribution in [0.4, 0.5) is 5.82 Å². The number of aromatic amines is 1. The van der Waals surface area contributed by atoms with Crippen molar-refractivity contribution in [3.8, 4) is 17.0 Å². The summed E-state index contributed by atoms with van der Waals surface area (Å²) in [6.45, 7) is 0. The summed E-state index contributed by atoms with van der Waals surface area (Å²) in [6, 6.07) is 5.33. The molecule has 2 rings (SSSR count). The van der Waals surface area contributed by atoms with Gasteiger partial charge in [0.2, 0.25) is 0 Å². The van der Waals surface area contributed by atoms with Gasteiger partial charge in [-0.2, -0.15) is 0 Å². The number of methoxy groups -OCH3 is 1. The molecule has 1 aromatic carbocycles. The van der Waals surface area contributed by atoms with Crippen molar-refractivity contribution in [3.05, 3.63) is 29.5 Å². The molecule has 3 N–H and O–H groups in total. The first-order valence-corrected chi connectivity index (χ1v) is 4.73. The van der Waals surface area contributed by atoms with Crippen LogP contribution in [0.2, 0.25) is 5.02 Å². The van der Waals surface area contributed by atoms with E-state index in [0.717, 1.165) is 5.56 Å². The first kappa shape index (κ1) is 9.86. The lowest BCUT2D eigenvalue weighted by molar-refractivity contribution is 0.416. The molecule has 0 bridgehead atoms. The maximum absolute atomic E-state index is 5.91. The van der Waals surface area contributed by atoms with E-state index in [1.165, 1.54) is 6.33 Å². The van der Waals surface area contributed by atoms with E-state index in [4.69, 9.17) is 22.1 Å². The van der Waals surface area contributed by atoms with E-state index in [0.29, 0.717) is 22.3 Å². The molecule has 0 spiro atoms. The van der Waals surface area contributed by atoms with E-state index in [2.05, 4.69) is 9.97 Å². The monoisotopic (exact) mass is 223 g/mol. The molecule has 0 atom stereocenters. The highest BCUT2D eigenvalue weighted by atomic mass is 35.5.